The molecule has 3 rings (SSSR count). The van der Waals surface area contributed by atoms with Crippen molar-refractivity contribution in [1.29, 1.82) is 0 Å². The average molecular weight is 352 g/mol. The van der Waals surface area contributed by atoms with Crippen molar-refractivity contribution >= 4 is 28.5 Å². The van der Waals surface area contributed by atoms with Crippen molar-refractivity contribution in [2.45, 2.75) is 0 Å². The van der Waals surface area contributed by atoms with E-state index in [1.54, 1.807) is 30.3 Å². The first kappa shape index (κ1) is 17.2. The molecule has 1 heterocycles. The van der Waals surface area contributed by atoms with Crippen molar-refractivity contribution in [3.05, 3.63) is 70.0 Å². The number of esters is 1. The minimum absolute atomic E-state index is 0.0252. The highest BCUT2D eigenvalue weighted by molar-refractivity contribution is 6.05. The van der Waals surface area contributed by atoms with E-state index in [-0.39, 0.29) is 5.56 Å². The molecule has 0 saturated heterocycles. The summed E-state index contributed by atoms with van der Waals surface area (Å²) in [4.78, 5) is 39.4. The fourth-order valence-electron chi connectivity index (χ4n) is 2.50. The lowest BCUT2D eigenvalue weighted by molar-refractivity contribution is 0.0600. The number of H-pyrrole nitrogens is 1. The van der Waals surface area contributed by atoms with Gasteiger partial charge in [0.15, 0.2) is 0 Å². The number of carbonyl (C=O) groups is 2. The van der Waals surface area contributed by atoms with Crippen molar-refractivity contribution < 1.29 is 19.1 Å². The molecule has 2 aromatic carbocycles. The van der Waals surface area contributed by atoms with E-state index in [0.717, 1.165) is 0 Å². The van der Waals surface area contributed by atoms with Crippen LogP contribution in [0.2, 0.25) is 0 Å². The Labute approximate surface area is 148 Å². The Morgan fingerprint density at radius 1 is 1.04 bits per heavy atom. The van der Waals surface area contributed by atoms with Crippen molar-refractivity contribution in [1.82, 2.24) is 4.98 Å². The molecule has 1 aromatic heterocycles. The predicted molar refractivity (Wildman–Crippen MR) is 96.9 cm³/mol. The van der Waals surface area contributed by atoms with Gasteiger partial charge in [-0.3, -0.25) is 9.59 Å². The number of pyridine rings is 1. The number of benzene rings is 2. The van der Waals surface area contributed by atoms with Crippen molar-refractivity contribution in [3.63, 3.8) is 0 Å². The summed E-state index contributed by atoms with van der Waals surface area (Å²) in [6, 6.07) is 11.2. The van der Waals surface area contributed by atoms with Gasteiger partial charge in [-0.25, -0.2) is 4.79 Å². The molecular formula is C19H16N2O5. The number of fused-ring (bicyclic) bond motifs is 1. The topological polar surface area (TPSA) is 97.5 Å². The molecule has 0 saturated carbocycles. The van der Waals surface area contributed by atoms with Gasteiger partial charge in [0.1, 0.15) is 11.3 Å². The Kier molecular flexibility index (Phi) is 4.70. The summed E-state index contributed by atoms with van der Waals surface area (Å²) in [6.45, 7) is 0. The summed E-state index contributed by atoms with van der Waals surface area (Å²) in [5.41, 5.74) is 0.993. The maximum absolute atomic E-state index is 12.6. The van der Waals surface area contributed by atoms with Gasteiger partial charge in [-0.05, 0) is 42.5 Å². The van der Waals surface area contributed by atoms with E-state index in [4.69, 9.17) is 4.74 Å². The number of anilines is 1. The number of ether oxygens (including phenoxy) is 2. The van der Waals surface area contributed by atoms with E-state index in [1.165, 1.54) is 32.5 Å². The van der Waals surface area contributed by atoms with Gasteiger partial charge in [-0.1, -0.05) is 0 Å². The highest BCUT2D eigenvalue weighted by Crippen LogP contribution is 2.17. The van der Waals surface area contributed by atoms with Crippen LogP contribution in [0.15, 0.2) is 53.5 Å². The fourth-order valence-corrected chi connectivity index (χ4v) is 2.50. The van der Waals surface area contributed by atoms with E-state index in [2.05, 4.69) is 15.0 Å². The highest BCUT2D eigenvalue weighted by Gasteiger charge is 2.14. The second-order valence-electron chi connectivity index (χ2n) is 5.47. The maximum Gasteiger partial charge on any atom is 0.337 e. The number of methoxy groups -OCH3 is 2. The Hall–Kier alpha value is -3.61. The quantitative estimate of drug-likeness (QED) is 0.704. The van der Waals surface area contributed by atoms with E-state index >= 15 is 0 Å². The molecule has 132 valence electrons. The second kappa shape index (κ2) is 7.10. The van der Waals surface area contributed by atoms with Crippen LogP contribution < -0.4 is 15.5 Å². The molecule has 2 N–H and O–H groups in total. The zero-order valence-electron chi connectivity index (χ0n) is 14.2. The van der Waals surface area contributed by atoms with Gasteiger partial charge in [-0.15, -0.1) is 0 Å². The van der Waals surface area contributed by atoms with Crippen molar-refractivity contribution in [2.24, 2.45) is 0 Å². The summed E-state index contributed by atoms with van der Waals surface area (Å²) < 4.78 is 9.74. The zero-order valence-corrected chi connectivity index (χ0v) is 14.2. The van der Waals surface area contributed by atoms with Crippen LogP contribution in [0, 0.1) is 0 Å². The van der Waals surface area contributed by atoms with Gasteiger partial charge in [0.05, 0.1) is 19.8 Å². The van der Waals surface area contributed by atoms with E-state index < -0.39 is 17.3 Å². The average Bonchev–Trinajstić information content (AvgIpc) is 2.68. The Morgan fingerprint density at radius 2 is 1.77 bits per heavy atom. The van der Waals surface area contributed by atoms with Crippen LogP contribution in [0.1, 0.15) is 20.7 Å². The number of aromatic nitrogens is 1. The highest BCUT2D eigenvalue weighted by atomic mass is 16.5. The van der Waals surface area contributed by atoms with Crippen molar-refractivity contribution in [2.75, 3.05) is 19.5 Å². The van der Waals surface area contributed by atoms with E-state index in [0.29, 0.717) is 27.9 Å². The molecule has 7 heteroatoms. The first-order valence-electron chi connectivity index (χ1n) is 7.72. The van der Waals surface area contributed by atoms with Gasteiger partial charge in [0, 0.05) is 22.8 Å². The fraction of sp³-hybridized carbons (Fsp3) is 0.105. The molecule has 0 unspecified atom stereocenters. The van der Waals surface area contributed by atoms with Gasteiger partial charge in [0.25, 0.3) is 5.91 Å². The molecule has 0 bridgehead atoms. The number of hydrogen-bond donors (Lipinski definition) is 2. The standard InChI is InChI=1S/C19H16N2O5/c1-25-13-7-8-16-14(9-13)17(22)15(10-20-16)18(23)21-12-5-3-11(4-6-12)19(24)26-2/h3-10H,1-2H3,(H,20,22)(H,21,23). The normalized spacial score (nSPS) is 10.4. The van der Waals surface area contributed by atoms with Crippen LogP contribution in [0.5, 0.6) is 5.75 Å². The molecular weight excluding hydrogens is 336 g/mol. The molecule has 0 aliphatic rings. The SMILES string of the molecule is COC(=O)c1ccc(NC(=O)c2c[nH]c3ccc(OC)cc3c2=O)cc1. The van der Waals surface area contributed by atoms with Crippen LogP contribution in [0.4, 0.5) is 5.69 Å². The largest absolute Gasteiger partial charge is 0.497 e. The van der Waals surface area contributed by atoms with Crippen LogP contribution in [-0.4, -0.2) is 31.1 Å². The Balaban J connectivity index is 1.89. The van der Waals surface area contributed by atoms with Crippen LogP contribution in [-0.2, 0) is 4.74 Å². The van der Waals surface area contributed by atoms with Gasteiger partial charge >= 0.3 is 5.97 Å². The van der Waals surface area contributed by atoms with E-state index in [9.17, 15) is 14.4 Å². The number of amides is 1. The third-order valence-electron chi connectivity index (χ3n) is 3.90. The molecule has 0 aliphatic heterocycles. The summed E-state index contributed by atoms with van der Waals surface area (Å²) in [5.74, 6) is -0.497. The molecule has 7 nitrogen and oxygen atoms in total. The number of carbonyl (C=O) groups excluding carboxylic acids is 2. The van der Waals surface area contributed by atoms with Crippen LogP contribution >= 0.6 is 0 Å². The number of rotatable bonds is 4. The van der Waals surface area contributed by atoms with Gasteiger partial charge < -0.3 is 19.8 Å². The monoisotopic (exact) mass is 352 g/mol. The Bertz CT molecular complexity index is 1040. The number of hydrogen-bond acceptors (Lipinski definition) is 5. The molecule has 0 fully saturated rings. The third-order valence-corrected chi connectivity index (χ3v) is 3.90. The minimum Gasteiger partial charge on any atom is -0.497 e. The number of aromatic amines is 1. The molecule has 0 radical (unpaired) electrons. The Morgan fingerprint density at radius 3 is 2.42 bits per heavy atom. The summed E-state index contributed by atoms with van der Waals surface area (Å²) in [7, 11) is 2.79. The molecule has 3 aromatic rings. The second-order valence-corrected chi connectivity index (χ2v) is 5.47. The minimum atomic E-state index is -0.554. The van der Waals surface area contributed by atoms with Crippen molar-refractivity contribution in [3.8, 4) is 5.75 Å². The first-order valence-corrected chi connectivity index (χ1v) is 7.72. The summed E-state index contributed by atoms with van der Waals surface area (Å²) >= 11 is 0. The van der Waals surface area contributed by atoms with E-state index in [1.807, 2.05) is 0 Å². The van der Waals surface area contributed by atoms with Gasteiger partial charge in [0.2, 0.25) is 5.43 Å². The third kappa shape index (κ3) is 3.27. The molecule has 0 atom stereocenters. The van der Waals surface area contributed by atoms with Gasteiger partial charge in [-0.2, -0.15) is 0 Å². The smallest absolute Gasteiger partial charge is 0.337 e. The lowest BCUT2D eigenvalue weighted by Gasteiger charge is -2.07. The summed E-state index contributed by atoms with van der Waals surface area (Å²) in [5, 5.41) is 2.99. The molecule has 0 aliphatic carbocycles. The lowest BCUT2D eigenvalue weighted by Crippen LogP contribution is -2.22. The zero-order chi connectivity index (χ0) is 18.7. The molecule has 0 spiro atoms. The first-order chi connectivity index (χ1) is 12.5. The summed E-state index contributed by atoms with van der Waals surface area (Å²) in [6.07, 6.45) is 1.37. The van der Waals surface area contributed by atoms with Crippen LogP contribution in [0.25, 0.3) is 10.9 Å². The predicted octanol–water partition coefficient (Wildman–Crippen LogP) is 2.58. The number of nitrogens with one attached hydrogen (secondary N) is 2. The maximum atomic E-state index is 12.6. The lowest BCUT2D eigenvalue weighted by atomic mass is 10.1. The van der Waals surface area contributed by atoms with Crippen LogP contribution in [0.3, 0.4) is 0 Å². The molecule has 1 amide bonds. The molecule has 26 heavy (non-hydrogen) atoms.